The largest absolute Gasteiger partial charge is 0.369 e. The van der Waals surface area contributed by atoms with Crippen LogP contribution in [0.4, 0.5) is 5.82 Å². The molecule has 3 aromatic rings. The van der Waals surface area contributed by atoms with Gasteiger partial charge in [0.25, 0.3) is 0 Å². The number of benzene rings is 1. The molecular weight excluding hydrogens is 368 g/mol. The van der Waals surface area contributed by atoms with E-state index in [1.165, 1.54) is 39.8 Å². The summed E-state index contributed by atoms with van der Waals surface area (Å²) in [6.45, 7) is 2.33. The van der Waals surface area contributed by atoms with Crippen LogP contribution in [0.3, 0.4) is 0 Å². The van der Waals surface area contributed by atoms with Crippen LogP contribution >= 0.6 is 11.3 Å². The van der Waals surface area contributed by atoms with Crippen molar-refractivity contribution < 1.29 is 4.79 Å². The summed E-state index contributed by atoms with van der Waals surface area (Å²) in [5.41, 5.74) is 4.10. The Bertz CT molecular complexity index is 1030. The van der Waals surface area contributed by atoms with Gasteiger partial charge in [-0.05, 0) is 48.8 Å². The number of nitrogens with zero attached hydrogens (tertiary/aromatic N) is 3. The molecule has 5 nitrogen and oxygen atoms in total. The Labute approximate surface area is 168 Å². The minimum absolute atomic E-state index is 0.251. The maximum Gasteiger partial charge on any atom is 0.222 e. The Morgan fingerprint density at radius 3 is 2.96 bits per heavy atom. The first-order valence-electron chi connectivity index (χ1n) is 10.1. The second-order valence-corrected chi connectivity index (χ2v) is 8.71. The number of aryl methyl sites for hydroxylation is 2. The number of hydrogen-bond donors (Lipinski definition) is 1. The molecule has 0 unspecified atom stereocenters. The minimum atomic E-state index is 0.251. The van der Waals surface area contributed by atoms with Gasteiger partial charge in [-0.25, -0.2) is 9.97 Å². The van der Waals surface area contributed by atoms with Gasteiger partial charge in [-0.3, -0.25) is 4.79 Å². The molecular formula is C22H24N4OS. The van der Waals surface area contributed by atoms with Gasteiger partial charge >= 0.3 is 0 Å². The summed E-state index contributed by atoms with van der Waals surface area (Å²) in [6.07, 6.45) is 7.53. The first-order chi connectivity index (χ1) is 13.8. The van der Waals surface area contributed by atoms with Crippen molar-refractivity contribution in [2.45, 2.75) is 45.1 Å². The zero-order chi connectivity index (χ0) is 18.9. The molecule has 144 valence electrons. The maximum atomic E-state index is 12.6. The molecule has 5 rings (SSSR count). The number of hydrogen-bond acceptors (Lipinski definition) is 5. The van der Waals surface area contributed by atoms with Crippen molar-refractivity contribution >= 4 is 33.3 Å². The van der Waals surface area contributed by atoms with Crippen molar-refractivity contribution in [2.24, 2.45) is 0 Å². The van der Waals surface area contributed by atoms with Crippen LogP contribution in [0, 0.1) is 0 Å². The molecule has 1 aliphatic carbocycles. The molecule has 0 saturated carbocycles. The summed E-state index contributed by atoms with van der Waals surface area (Å²) >= 11 is 1.81. The van der Waals surface area contributed by atoms with Crippen molar-refractivity contribution in [3.8, 4) is 0 Å². The Morgan fingerprint density at radius 2 is 2.04 bits per heavy atom. The topological polar surface area (TPSA) is 58.1 Å². The van der Waals surface area contributed by atoms with E-state index in [1.807, 2.05) is 4.90 Å². The highest BCUT2D eigenvalue weighted by Crippen LogP contribution is 2.38. The van der Waals surface area contributed by atoms with Crippen LogP contribution in [-0.4, -0.2) is 33.9 Å². The van der Waals surface area contributed by atoms with E-state index in [-0.39, 0.29) is 5.91 Å². The van der Waals surface area contributed by atoms with E-state index in [4.69, 9.17) is 0 Å². The van der Waals surface area contributed by atoms with Gasteiger partial charge in [0.1, 0.15) is 17.0 Å². The van der Waals surface area contributed by atoms with Gasteiger partial charge in [0.2, 0.25) is 5.91 Å². The third-order valence-corrected chi connectivity index (χ3v) is 7.04. The highest BCUT2D eigenvalue weighted by atomic mass is 32.1. The lowest BCUT2D eigenvalue weighted by molar-refractivity contribution is -0.132. The average Bonchev–Trinajstić information content (AvgIpc) is 3.32. The smallest absolute Gasteiger partial charge is 0.222 e. The SMILES string of the molecule is O=C(CCCNc1ncnc2sc3c(c12)CCC3)N1CCc2ccccc2C1. The van der Waals surface area contributed by atoms with Gasteiger partial charge in [0, 0.05) is 30.9 Å². The number of anilines is 1. The van der Waals surface area contributed by atoms with Crippen LogP contribution in [0.15, 0.2) is 30.6 Å². The Morgan fingerprint density at radius 1 is 1.14 bits per heavy atom. The van der Waals surface area contributed by atoms with Crippen molar-refractivity contribution in [2.75, 3.05) is 18.4 Å². The number of fused-ring (bicyclic) bond motifs is 4. The molecule has 0 saturated heterocycles. The standard InChI is InChI=1S/C22H24N4OS/c27-19(26-12-10-15-5-1-2-6-16(15)13-26)9-4-11-23-21-20-17-7-3-8-18(17)28-22(20)25-14-24-21/h1-2,5-6,14H,3-4,7-13H2,(H,23,24,25). The first-order valence-corrected chi connectivity index (χ1v) is 10.9. The van der Waals surface area contributed by atoms with E-state index in [9.17, 15) is 4.79 Å². The monoisotopic (exact) mass is 392 g/mol. The fourth-order valence-corrected chi connectivity index (χ4v) is 5.60. The molecule has 1 amide bonds. The summed E-state index contributed by atoms with van der Waals surface area (Å²) in [6, 6.07) is 8.44. The lowest BCUT2D eigenvalue weighted by atomic mass is 9.99. The predicted molar refractivity (Wildman–Crippen MR) is 113 cm³/mol. The Hall–Kier alpha value is -2.47. The van der Waals surface area contributed by atoms with Crippen molar-refractivity contribution in [3.63, 3.8) is 0 Å². The molecule has 6 heteroatoms. The molecule has 0 radical (unpaired) electrons. The molecule has 1 aromatic carbocycles. The van der Waals surface area contributed by atoms with Gasteiger partial charge in [-0.15, -0.1) is 11.3 Å². The van der Waals surface area contributed by atoms with Gasteiger partial charge in [0.05, 0.1) is 5.39 Å². The van der Waals surface area contributed by atoms with E-state index in [2.05, 4.69) is 39.6 Å². The van der Waals surface area contributed by atoms with Crippen molar-refractivity contribution in [1.82, 2.24) is 14.9 Å². The number of amides is 1. The van der Waals surface area contributed by atoms with E-state index in [0.29, 0.717) is 6.42 Å². The van der Waals surface area contributed by atoms with Crippen LogP contribution in [-0.2, 0) is 30.6 Å². The summed E-state index contributed by atoms with van der Waals surface area (Å²) in [5.74, 6) is 1.18. The lowest BCUT2D eigenvalue weighted by Crippen LogP contribution is -2.36. The number of carbonyl (C=O) groups excluding carboxylic acids is 1. The van der Waals surface area contributed by atoms with E-state index >= 15 is 0 Å². The molecule has 2 aromatic heterocycles. The predicted octanol–water partition coefficient (Wildman–Crippen LogP) is 3.96. The molecule has 1 N–H and O–H groups in total. The van der Waals surface area contributed by atoms with Crippen LogP contribution in [0.5, 0.6) is 0 Å². The third kappa shape index (κ3) is 3.26. The highest BCUT2D eigenvalue weighted by molar-refractivity contribution is 7.19. The maximum absolute atomic E-state index is 12.6. The van der Waals surface area contributed by atoms with Gasteiger partial charge in [0.15, 0.2) is 0 Å². The number of aromatic nitrogens is 2. The van der Waals surface area contributed by atoms with E-state index in [0.717, 1.165) is 49.5 Å². The highest BCUT2D eigenvalue weighted by Gasteiger charge is 2.22. The van der Waals surface area contributed by atoms with Gasteiger partial charge < -0.3 is 10.2 Å². The zero-order valence-electron chi connectivity index (χ0n) is 15.9. The molecule has 0 fully saturated rings. The molecule has 0 bridgehead atoms. The third-order valence-electron chi connectivity index (χ3n) is 5.84. The molecule has 1 aliphatic heterocycles. The van der Waals surface area contributed by atoms with Crippen LogP contribution < -0.4 is 5.32 Å². The Kier molecular flexibility index (Phi) is 4.72. The van der Waals surface area contributed by atoms with Gasteiger partial charge in [-0.1, -0.05) is 24.3 Å². The molecule has 0 atom stereocenters. The first kappa shape index (κ1) is 17.6. The summed E-state index contributed by atoms with van der Waals surface area (Å²) in [4.78, 5) is 26.1. The number of carbonyl (C=O) groups is 1. The molecule has 0 spiro atoms. The van der Waals surface area contributed by atoms with Crippen LogP contribution in [0.1, 0.15) is 40.8 Å². The van der Waals surface area contributed by atoms with Gasteiger partial charge in [-0.2, -0.15) is 0 Å². The Balaban J connectivity index is 1.17. The quantitative estimate of drug-likeness (QED) is 0.668. The normalized spacial score (nSPS) is 15.5. The zero-order valence-corrected chi connectivity index (χ0v) is 16.7. The molecule has 3 heterocycles. The fraction of sp³-hybridized carbons (Fsp3) is 0.409. The number of rotatable bonds is 5. The fourth-order valence-electron chi connectivity index (χ4n) is 4.38. The van der Waals surface area contributed by atoms with Crippen molar-refractivity contribution in [1.29, 1.82) is 0 Å². The van der Waals surface area contributed by atoms with Crippen LogP contribution in [0.25, 0.3) is 10.2 Å². The number of nitrogens with one attached hydrogen (secondary N) is 1. The summed E-state index contributed by atoms with van der Waals surface area (Å²) < 4.78 is 0. The number of thiophene rings is 1. The van der Waals surface area contributed by atoms with E-state index in [1.54, 1.807) is 17.7 Å². The van der Waals surface area contributed by atoms with Crippen LogP contribution in [0.2, 0.25) is 0 Å². The van der Waals surface area contributed by atoms with E-state index < -0.39 is 0 Å². The molecule has 2 aliphatic rings. The van der Waals surface area contributed by atoms with Crippen molar-refractivity contribution in [3.05, 3.63) is 52.2 Å². The lowest BCUT2D eigenvalue weighted by Gasteiger charge is -2.29. The summed E-state index contributed by atoms with van der Waals surface area (Å²) in [5, 5.41) is 4.67. The second kappa shape index (κ2) is 7.51. The minimum Gasteiger partial charge on any atom is -0.369 e. The summed E-state index contributed by atoms with van der Waals surface area (Å²) in [7, 11) is 0. The second-order valence-electron chi connectivity index (χ2n) is 7.62. The molecule has 28 heavy (non-hydrogen) atoms. The average molecular weight is 393 g/mol.